The molecule has 0 aliphatic heterocycles. The van der Waals surface area contributed by atoms with E-state index in [9.17, 15) is 9.90 Å². The van der Waals surface area contributed by atoms with E-state index < -0.39 is 5.97 Å². The fourth-order valence-corrected chi connectivity index (χ4v) is 2.69. The van der Waals surface area contributed by atoms with Crippen LogP contribution < -0.4 is 56.5 Å². The van der Waals surface area contributed by atoms with Gasteiger partial charge in [0.15, 0.2) is 0 Å². The van der Waals surface area contributed by atoms with E-state index in [0.29, 0.717) is 0 Å². The second kappa shape index (κ2) is 22.8. The van der Waals surface area contributed by atoms with Gasteiger partial charge in [-0.1, -0.05) is 83.3 Å². The average molecular weight is 349 g/mol. The van der Waals surface area contributed by atoms with Crippen LogP contribution in [0.5, 0.6) is 0 Å². The number of carboxylic acids is 1. The molecule has 130 valence electrons. The Labute approximate surface area is 187 Å². The monoisotopic (exact) mass is 348 g/mol. The summed E-state index contributed by atoms with van der Waals surface area (Å²) < 4.78 is 0. The van der Waals surface area contributed by atoms with E-state index >= 15 is 0 Å². The van der Waals surface area contributed by atoms with Crippen molar-refractivity contribution in [3.63, 3.8) is 0 Å². The molecule has 0 atom stereocenters. The minimum absolute atomic E-state index is 0. The number of aliphatic carboxylic acids is 1. The third-order valence-electron chi connectivity index (χ3n) is 4.14. The molecule has 0 heterocycles. The van der Waals surface area contributed by atoms with Gasteiger partial charge in [0.05, 0.1) is 0 Å². The molecule has 2 nitrogen and oxygen atoms in total. The minimum atomic E-state index is -0.913. The SMILES string of the molecule is CCCCCCCCCCC=CCCCCCCCC(=O)[O-].[K+]. The van der Waals surface area contributed by atoms with Crippen molar-refractivity contribution in [1.82, 2.24) is 0 Å². The number of hydrogen-bond donors (Lipinski definition) is 0. The van der Waals surface area contributed by atoms with Gasteiger partial charge in [0.1, 0.15) is 0 Å². The van der Waals surface area contributed by atoms with E-state index in [2.05, 4.69) is 19.1 Å². The molecule has 0 saturated heterocycles. The van der Waals surface area contributed by atoms with Crippen molar-refractivity contribution >= 4 is 5.97 Å². The van der Waals surface area contributed by atoms with Gasteiger partial charge in [-0.15, -0.1) is 0 Å². The Morgan fingerprint density at radius 2 is 1.09 bits per heavy atom. The van der Waals surface area contributed by atoms with Crippen LogP contribution >= 0.6 is 0 Å². The van der Waals surface area contributed by atoms with E-state index in [0.717, 1.165) is 19.3 Å². The predicted molar refractivity (Wildman–Crippen MR) is 93.7 cm³/mol. The molecule has 0 bridgehead atoms. The Kier molecular flexibility index (Phi) is 25.9. The maximum atomic E-state index is 10.2. The molecule has 0 amide bonds. The first-order valence-electron chi connectivity index (χ1n) is 9.62. The molecule has 0 N–H and O–H groups in total. The summed E-state index contributed by atoms with van der Waals surface area (Å²) in [7, 11) is 0. The number of carbonyl (C=O) groups excluding carboxylic acids is 1. The number of carbonyl (C=O) groups is 1. The number of hydrogen-bond acceptors (Lipinski definition) is 2. The van der Waals surface area contributed by atoms with Crippen molar-refractivity contribution in [2.45, 2.75) is 110 Å². The average Bonchev–Trinajstić information content (AvgIpc) is 2.50. The topological polar surface area (TPSA) is 40.1 Å². The van der Waals surface area contributed by atoms with Gasteiger partial charge in [-0.25, -0.2) is 0 Å². The number of rotatable bonds is 17. The molecular weight excluding hydrogens is 311 g/mol. The summed E-state index contributed by atoms with van der Waals surface area (Å²) in [5.41, 5.74) is 0. The van der Waals surface area contributed by atoms with Gasteiger partial charge in [0.2, 0.25) is 0 Å². The first-order valence-corrected chi connectivity index (χ1v) is 9.62. The van der Waals surface area contributed by atoms with Crippen LogP contribution in [0.4, 0.5) is 0 Å². The molecule has 3 heteroatoms. The van der Waals surface area contributed by atoms with Crippen molar-refractivity contribution < 1.29 is 61.3 Å². The van der Waals surface area contributed by atoms with Gasteiger partial charge in [-0.3, -0.25) is 0 Å². The molecule has 0 aliphatic carbocycles. The third kappa shape index (κ3) is 25.2. The van der Waals surface area contributed by atoms with Gasteiger partial charge in [-0.2, -0.15) is 0 Å². The quantitative estimate of drug-likeness (QED) is 0.230. The Morgan fingerprint density at radius 1 is 0.696 bits per heavy atom. The molecule has 0 unspecified atom stereocenters. The van der Waals surface area contributed by atoms with Gasteiger partial charge in [0.25, 0.3) is 0 Å². The zero-order valence-electron chi connectivity index (χ0n) is 15.8. The molecule has 0 aliphatic rings. The largest absolute Gasteiger partial charge is 1.00 e. The molecule has 0 aromatic heterocycles. The minimum Gasteiger partial charge on any atom is -0.550 e. The first-order chi connectivity index (χ1) is 10.8. The van der Waals surface area contributed by atoms with Crippen molar-refractivity contribution in [3.05, 3.63) is 12.2 Å². The van der Waals surface area contributed by atoms with Crippen LogP contribution in [0, 0.1) is 0 Å². The second-order valence-electron chi connectivity index (χ2n) is 6.41. The summed E-state index contributed by atoms with van der Waals surface area (Å²) in [5, 5.41) is 10.2. The van der Waals surface area contributed by atoms with Crippen molar-refractivity contribution in [1.29, 1.82) is 0 Å². The Balaban J connectivity index is 0. The fourth-order valence-electron chi connectivity index (χ4n) is 2.69. The summed E-state index contributed by atoms with van der Waals surface area (Å²) in [6.07, 6.45) is 23.8. The normalized spacial score (nSPS) is 10.8. The molecule has 0 radical (unpaired) electrons. The number of carboxylic acid groups (broad SMARTS) is 1. The van der Waals surface area contributed by atoms with Crippen LogP contribution in [0.3, 0.4) is 0 Å². The van der Waals surface area contributed by atoms with E-state index in [1.807, 2.05) is 0 Å². The maximum Gasteiger partial charge on any atom is 1.00 e. The summed E-state index contributed by atoms with van der Waals surface area (Å²) in [4.78, 5) is 10.2. The van der Waals surface area contributed by atoms with E-state index in [-0.39, 0.29) is 57.8 Å². The van der Waals surface area contributed by atoms with Crippen molar-refractivity contribution in [3.8, 4) is 0 Å². The second-order valence-corrected chi connectivity index (χ2v) is 6.41. The standard InChI is InChI=1S/C20H38O2.K/c1-2-3-4-5-6-7-8-9-10-11-12-13-14-15-16-17-18-19-20(21)22;/h11-12H,2-10,13-19H2,1H3,(H,21,22);/q;+1/p-1. The van der Waals surface area contributed by atoms with Gasteiger partial charge < -0.3 is 9.90 Å². The Bertz CT molecular complexity index is 264. The Morgan fingerprint density at radius 3 is 1.52 bits per heavy atom. The molecule has 0 aromatic carbocycles. The smallest absolute Gasteiger partial charge is 0.550 e. The molecule has 0 fully saturated rings. The van der Waals surface area contributed by atoms with Crippen LogP contribution in [-0.2, 0) is 4.79 Å². The van der Waals surface area contributed by atoms with Crippen LogP contribution in [0.2, 0.25) is 0 Å². The van der Waals surface area contributed by atoms with Crippen LogP contribution in [0.15, 0.2) is 12.2 Å². The maximum absolute atomic E-state index is 10.2. The van der Waals surface area contributed by atoms with Crippen molar-refractivity contribution in [2.24, 2.45) is 0 Å². The number of unbranched alkanes of at least 4 members (excludes halogenated alkanes) is 13. The Hall–Kier alpha value is 0.846. The van der Waals surface area contributed by atoms with Gasteiger partial charge in [-0.05, 0) is 38.5 Å². The molecular formula is C20H37KO2. The van der Waals surface area contributed by atoms with Crippen LogP contribution in [-0.4, -0.2) is 5.97 Å². The van der Waals surface area contributed by atoms with E-state index in [1.54, 1.807) is 0 Å². The first kappa shape index (κ1) is 26.1. The van der Waals surface area contributed by atoms with E-state index in [1.165, 1.54) is 77.0 Å². The van der Waals surface area contributed by atoms with Gasteiger partial charge in [0, 0.05) is 5.97 Å². The molecule has 0 spiro atoms. The summed E-state index contributed by atoms with van der Waals surface area (Å²) >= 11 is 0. The fraction of sp³-hybridized carbons (Fsp3) is 0.850. The molecule has 0 saturated carbocycles. The molecule has 0 rings (SSSR count). The molecule has 23 heavy (non-hydrogen) atoms. The third-order valence-corrected chi connectivity index (χ3v) is 4.14. The zero-order chi connectivity index (χ0) is 16.3. The molecule has 0 aromatic rings. The summed E-state index contributed by atoms with van der Waals surface area (Å²) in [6.45, 7) is 2.27. The summed E-state index contributed by atoms with van der Waals surface area (Å²) in [5.74, 6) is -0.913. The zero-order valence-corrected chi connectivity index (χ0v) is 18.9. The summed E-state index contributed by atoms with van der Waals surface area (Å²) in [6, 6.07) is 0. The predicted octanol–water partition coefficient (Wildman–Crippen LogP) is 2.56. The number of allylic oxidation sites excluding steroid dienone is 2. The van der Waals surface area contributed by atoms with E-state index in [4.69, 9.17) is 0 Å². The van der Waals surface area contributed by atoms with Crippen LogP contribution in [0.1, 0.15) is 110 Å². The van der Waals surface area contributed by atoms with Crippen LogP contribution in [0.25, 0.3) is 0 Å². The van der Waals surface area contributed by atoms with Gasteiger partial charge >= 0.3 is 51.4 Å². The van der Waals surface area contributed by atoms with Crippen molar-refractivity contribution in [2.75, 3.05) is 0 Å².